The molecule has 0 bridgehead atoms. The molecule has 1 spiro atoms. The van der Waals surface area contributed by atoms with Crippen LogP contribution in [0.3, 0.4) is 0 Å². The minimum Gasteiger partial charge on any atom is -0.385 e. The summed E-state index contributed by atoms with van der Waals surface area (Å²) < 4.78 is 24.7. The maximum atomic E-state index is 11.5. The Balaban J connectivity index is 0.000000308. The Labute approximate surface area is 222 Å². The number of sulfonamides is 1. The molecule has 0 radical (unpaired) electrons. The average molecular weight is 518 g/mol. The molecule has 0 saturated carbocycles. The van der Waals surface area contributed by atoms with Crippen LogP contribution in [0.1, 0.15) is 91.2 Å². The van der Waals surface area contributed by atoms with E-state index in [1.54, 1.807) is 4.31 Å². The summed E-state index contributed by atoms with van der Waals surface area (Å²) in [6, 6.07) is 17.0. The van der Waals surface area contributed by atoms with E-state index in [2.05, 4.69) is 73.9 Å². The van der Waals surface area contributed by atoms with Gasteiger partial charge in [0, 0.05) is 43.0 Å². The number of anilines is 2. The predicted octanol–water partition coefficient (Wildman–Crippen LogP) is 7.48. The quantitative estimate of drug-likeness (QED) is 0.412. The summed E-state index contributed by atoms with van der Waals surface area (Å²) in [5, 5.41) is 6.84. The molecule has 1 saturated heterocycles. The van der Waals surface area contributed by atoms with Gasteiger partial charge in [0.15, 0.2) is 0 Å². The van der Waals surface area contributed by atoms with Gasteiger partial charge in [-0.25, -0.2) is 12.7 Å². The van der Waals surface area contributed by atoms with Crippen molar-refractivity contribution in [1.82, 2.24) is 4.31 Å². The van der Waals surface area contributed by atoms with Crippen LogP contribution in [0.5, 0.6) is 0 Å². The average Bonchev–Trinajstić information content (AvgIpc) is 3.25. The second kappa shape index (κ2) is 15.9. The Bertz CT molecular complexity index is 983. The fourth-order valence-electron chi connectivity index (χ4n) is 4.82. The molecular weight excluding hydrogens is 466 g/mol. The van der Waals surface area contributed by atoms with Crippen molar-refractivity contribution in [3.8, 4) is 0 Å². The number of hydrogen-bond acceptors (Lipinski definition) is 4. The van der Waals surface area contributed by atoms with Gasteiger partial charge in [-0.2, -0.15) is 0 Å². The van der Waals surface area contributed by atoms with Crippen molar-refractivity contribution in [2.75, 3.05) is 43.1 Å². The second-order valence-corrected chi connectivity index (χ2v) is 11.2. The first-order valence-electron chi connectivity index (χ1n) is 13.9. The highest BCUT2D eigenvalue weighted by molar-refractivity contribution is 7.88. The van der Waals surface area contributed by atoms with Crippen molar-refractivity contribution in [3.63, 3.8) is 0 Å². The van der Waals surface area contributed by atoms with Crippen LogP contribution in [-0.4, -0.2) is 45.2 Å². The number of hydrogen-bond donors (Lipinski definition) is 2. The Kier molecular flexibility index (Phi) is 14.2. The van der Waals surface area contributed by atoms with E-state index in [0.717, 1.165) is 31.8 Å². The Morgan fingerprint density at radius 3 is 1.97 bits per heavy atom. The van der Waals surface area contributed by atoms with E-state index in [0.29, 0.717) is 13.1 Å². The number of para-hydroxylation sites is 2. The van der Waals surface area contributed by atoms with Crippen LogP contribution >= 0.6 is 0 Å². The normalized spacial score (nSPS) is 18.9. The molecule has 5 nitrogen and oxygen atoms in total. The van der Waals surface area contributed by atoms with Crippen LogP contribution in [0.4, 0.5) is 11.4 Å². The lowest BCUT2D eigenvalue weighted by Crippen LogP contribution is -2.45. The van der Waals surface area contributed by atoms with Crippen molar-refractivity contribution in [3.05, 3.63) is 59.7 Å². The van der Waals surface area contributed by atoms with E-state index in [1.165, 1.54) is 41.6 Å². The predicted molar refractivity (Wildman–Crippen MR) is 159 cm³/mol. The second-order valence-electron chi connectivity index (χ2n) is 9.25. The summed E-state index contributed by atoms with van der Waals surface area (Å²) >= 11 is 0. The molecule has 1 unspecified atom stereocenters. The summed E-state index contributed by atoms with van der Waals surface area (Å²) in [6.45, 7) is 17.9. The van der Waals surface area contributed by atoms with E-state index < -0.39 is 10.0 Å². The maximum absolute atomic E-state index is 11.5. The number of fused-ring (bicyclic) bond motifs is 3. The Morgan fingerprint density at radius 2 is 1.42 bits per heavy atom. The van der Waals surface area contributed by atoms with Gasteiger partial charge in [0.05, 0.1) is 6.26 Å². The minimum absolute atomic E-state index is 0.137. The lowest BCUT2D eigenvalue weighted by Gasteiger charge is -2.38. The summed E-state index contributed by atoms with van der Waals surface area (Å²) in [5.74, 6) is 0.729. The molecule has 0 amide bonds. The van der Waals surface area contributed by atoms with E-state index in [-0.39, 0.29) is 5.41 Å². The topological polar surface area (TPSA) is 61.4 Å². The first-order chi connectivity index (χ1) is 17.3. The summed E-state index contributed by atoms with van der Waals surface area (Å²) in [6.07, 6.45) is 5.62. The van der Waals surface area contributed by atoms with Crippen LogP contribution in [0.2, 0.25) is 0 Å². The highest BCUT2D eigenvalue weighted by Gasteiger charge is 2.42. The molecule has 2 N–H and O–H groups in total. The fraction of sp³-hybridized carbons (Fsp3) is 0.600. The van der Waals surface area contributed by atoms with E-state index in [9.17, 15) is 8.42 Å². The maximum Gasteiger partial charge on any atom is 0.211 e. The first-order valence-corrected chi connectivity index (χ1v) is 15.8. The molecule has 204 valence electrons. The number of benzene rings is 2. The zero-order valence-corrected chi connectivity index (χ0v) is 24.8. The molecule has 36 heavy (non-hydrogen) atoms. The van der Waals surface area contributed by atoms with Gasteiger partial charge < -0.3 is 10.6 Å². The number of piperidine rings is 1. The largest absolute Gasteiger partial charge is 0.385 e. The van der Waals surface area contributed by atoms with Gasteiger partial charge in [0.25, 0.3) is 0 Å². The third-order valence-corrected chi connectivity index (χ3v) is 7.95. The zero-order chi connectivity index (χ0) is 27.2. The number of rotatable bonds is 1. The van der Waals surface area contributed by atoms with E-state index in [1.807, 2.05) is 33.8 Å². The van der Waals surface area contributed by atoms with Crippen LogP contribution < -0.4 is 10.6 Å². The zero-order valence-electron chi connectivity index (χ0n) is 24.0. The molecule has 1 fully saturated rings. The number of nitrogens with one attached hydrogen (secondary N) is 2. The van der Waals surface area contributed by atoms with Gasteiger partial charge in [0.1, 0.15) is 0 Å². The van der Waals surface area contributed by atoms with E-state index in [4.69, 9.17) is 0 Å². The van der Waals surface area contributed by atoms with Crippen LogP contribution in [0.15, 0.2) is 48.5 Å². The summed E-state index contributed by atoms with van der Waals surface area (Å²) in [5.41, 5.74) is 5.51. The highest BCUT2D eigenvalue weighted by atomic mass is 32.2. The van der Waals surface area contributed by atoms with Gasteiger partial charge in [-0.05, 0) is 48.4 Å². The molecule has 2 aromatic carbocycles. The van der Waals surface area contributed by atoms with Crippen LogP contribution in [0, 0.1) is 0 Å². The lowest BCUT2D eigenvalue weighted by molar-refractivity contribution is 0.250. The summed E-state index contributed by atoms with van der Waals surface area (Å²) in [4.78, 5) is 0. The smallest absolute Gasteiger partial charge is 0.211 e. The molecule has 3 heterocycles. The third kappa shape index (κ3) is 8.52. The first kappa shape index (κ1) is 32.0. The molecule has 3 aliphatic rings. The van der Waals surface area contributed by atoms with Crippen molar-refractivity contribution in [2.24, 2.45) is 0 Å². The monoisotopic (exact) mass is 517 g/mol. The molecular formula is C30H51N3O2S. The molecule has 5 rings (SSSR count). The van der Waals surface area contributed by atoms with Crippen molar-refractivity contribution in [2.45, 2.75) is 85.5 Å². The van der Waals surface area contributed by atoms with Crippen molar-refractivity contribution >= 4 is 21.4 Å². The molecule has 2 aromatic rings. The molecule has 0 aliphatic carbocycles. The molecule has 3 aliphatic heterocycles. The lowest BCUT2D eigenvalue weighted by atomic mass is 9.75. The van der Waals surface area contributed by atoms with Gasteiger partial charge in [-0.15, -0.1) is 0 Å². The van der Waals surface area contributed by atoms with Gasteiger partial charge in [0.2, 0.25) is 10.0 Å². The van der Waals surface area contributed by atoms with Gasteiger partial charge in [-0.3, -0.25) is 0 Å². The van der Waals surface area contributed by atoms with Crippen molar-refractivity contribution in [1.29, 1.82) is 0 Å². The summed E-state index contributed by atoms with van der Waals surface area (Å²) in [7, 11) is -3.04. The van der Waals surface area contributed by atoms with Crippen LogP contribution in [-0.2, 0) is 15.4 Å². The van der Waals surface area contributed by atoms with Crippen molar-refractivity contribution < 1.29 is 8.42 Å². The fourth-order valence-corrected chi connectivity index (χ4v) is 5.66. The van der Waals surface area contributed by atoms with E-state index >= 15 is 0 Å². The number of nitrogens with zero attached hydrogens (tertiary/aromatic N) is 1. The SMILES string of the molecule is CC.CC.CC1CCNc2ccccc21.CCC.CS(=O)(=O)N1CCC2(CC1)CNc1ccccc12. The highest BCUT2D eigenvalue weighted by Crippen LogP contribution is 2.44. The molecule has 6 heteroatoms. The Morgan fingerprint density at radius 1 is 0.889 bits per heavy atom. The third-order valence-electron chi connectivity index (χ3n) is 6.65. The standard InChI is InChI=1S/C13H18N2O2S.C10H13N.C3H8.2C2H6/c1-18(16,17)15-8-6-13(7-9-15)10-14-12-5-3-2-4-11(12)13;1-8-6-7-11-10-5-3-2-4-9(8)10;1-3-2;2*1-2/h2-5,14H,6-10H2,1H3;2-5,8,11H,6-7H2,1H3;3H2,1-2H3;2*1-2H3. The molecule has 1 atom stereocenters. The Hall–Kier alpha value is -2.05. The van der Waals surface area contributed by atoms with Gasteiger partial charge in [-0.1, -0.05) is 91.3 Å². The van der Waals surface area contributed by atoms with Gasteiger partial charge >= 0.3 is 0 Å². The molecule has 0 aromatic heterocycles. The van der Waals surface area contributed by atoms with Crippen LogP contribution in [0.25, 0.3) is 0 Å². The minimum atomic E-state index is -3.04.